The van der Waals surface area contributed by atoms with Gasteiger partial charge in [0.05, 0.1) is 18.2 Å². The summed E-state index contributed by atoms with van der Waals surface area (Å²) in [5.74, 6) is -0.229. The Morgan fingerprint density at radius 3 is 2.70 bits per heavy atom. The van der Waals surface area contributed by atoms with Gasteiger partial charge in [-0.15, -0.1) is 0 Å². The lowest BCUT2D eigenvalue weighted by molar-refractivity contribution is -0.389. The molecule has 0 radical (unpaired) electrons. The van der Waals surface area contributed by atoms with Gasteiger partial charge in [-0.2, -0.15) is 4.68 Å². The van der Waals surface area contributed by atoms with Gasteiger partial charge in [-0.3, -0.25) is 0 Å². The third-order valence-corrected chi connectivity index (χ3v) is 1.35. The van der Waals surface area contributed by atoms with Crippen molar-refractivity contribution in [2.24, 2.45) is 7.05 Å². The van der Waals surface area contributed by atoms with Crippen molar-refractivity contribution in [3.63, 3.8) is 0 Å². The van der Waals surface area contributed by atoms with Gasteiger partial charge >= 0.3 is 5.82 Å². The quantitative estimate of drug-likeness (QED) is 0.456. The van der Waals surface area contributed by atoms with Crippen LogP contribution in [0.2, 0.25) is 5.15 Å². The Morgan fingerprint density at radius 2 is 2.50 bits per heavy atom. The molecule has 5 nitrogen and oxygen atoms in total. The fourth-order valence-corrected chi connectivity index (χ4v) is 0.655. The summed E-state index contributed by atoms with van der Waals surface area (Å²) in [6.07, 6.45) is 0. The SMILES string of the molecule is Cn1nc([N+](=O)[O-])cc1Cl. The van der Waals surface area contributed by atoms with Crippen LogP contribution >= 0.6 is 11.6 Å². The smallest absolute Gasteiger partial charge is 0.358 e. The molecule has 1 aromatic heterocycles. The summed E-state index contributed by atoms with van der Waals surface area (Å²) in [6.45, 7) is 0. The van der Waals surface area contributed by atoms with Crippen LogP contribution in [0.4, 0.5) is 5.82 Å². The second kappa shape index (κ2) is 2.26. The van der Waals surface area contributed by atoms with Crippen molar-refractivity contribution in [2.75, 3.05) is 0 Å². The van der Waals surface area contributed by atoms with Crippen LogP contribution in [0.25, 0.3) is 0 Å². The van der Waals surface area contributed by atoms with E-state index < -0.39 is 4.92 Å². The highest BCUT2D eigenvalue weighted by Crippen LogP contribution is 2.14. The highest BCUT2D eigenvalue weighted by Gasteiger charge is 2.12. The van der Waals surface area contributed by atoms with Gasteiger partial charge in [-0.05, 0) is 4.92 Å². The number of hydrogen-bond acceptors (Lipinski definition) is 3. The maximum absolute atomic E-state index is 10.0. The van der Waals surface area contributed by atoms with Crippen molar-refractivity contribution < 1.29 is 4.92 Å². The molecule has 0 spiro atoms. The maximum atomic E-state index is 10.0. The highest BCUT2D eigenvalue weighted by molar-refractivity contribution is 6.29. The van der Waals surface area contributed by atoms with E-state index in [0.29, 0.717) is 0 Å². The molecule has 0 N–H and O–H groups in total. The molecule has 0 atom stereocenters. The second-order valence-electron chi connectivity index (χ2n) is 1.71. The number of nitrogens with zero attached hydrogens (tertiary/aromatic N) is 3. The van der Waals surface area contributed by atoms with Gasteiger partial charge in [-0.25, -0.2) is 0 Å². The molecule has 0 aliphatic carbocycles. The minimum atomic E-state index is -0.591. The standard InChI is InChI=1S/C4H4ClN3O2/c1-7-3(5)2-4(6-7)8(9)10/h2H,1H3. The normalized spacial score (nSPS) is 9.80. The Morgan fingerprint density at radius 1 is 1.90 bits per heavy atom. The van der Waals surface area contributed by atoms with E-state index >= 15 is 0 Å². The first-order valence-electron chi connectivity index (χ1n) is 2.45. The zero-order valence-corrected chi connectivity index (χ0v) is 5.87. The Hall–Kier alpha value is -1.10. The van der Waals surface area contributed by atoms with Crippen LogP contribution in [0.3, 0.4) is 0 Å². The first-order valence-corrected chi connectivity index (χ1v) is 2.83. The topological polar surface area (TPSA) is 61.0 Å². The first kappa shape index (κ1) is 7.01. The molecular weight excluding hydrogens is 158 g/mol. The largest absolute Gasteiger partial charge is 0.391 e. The summed E-state index contributed by atoms with van der Waals surface area (Å²) in [6, 6.07) is 1.20. The molecule has 0 bridgehead atoms. The van der Waals surface area contributed by atoms with Crippen molar-refractivity contribution >= 4 is 17.4 Å². The van der Waals surface area contributed by atoms with Crippen molar-refractivity contribution in [2.45, 2.75) is 0 Å². The molecule has 0 aromatic carbocycles. The van der Waals surface area contributed by atoms with E-state index in [4.69, 9.17) is 11.6 Å². The van der Waals surface area contributed by atoms with Crippen LogP contribution in [0.1, 0.15) is 0 Å². The number of hydrogen-bond donors (Lipinski definition) is 0. The molecule has 1 aromatic rings. The molecule has 0 aliphatic rings. The Bertz CT molecular complexity index is 250. The number of halogens is 1. The molecule has 1 heterocycles. The highest BCUT2D eigenvalue weighted by atomic mass is 35.5. The van der Waals surface area contributed by atoms with Crippen molar-refractivity contribution in [3.05, 3.63) is 21.3 Å². The minimum absolute atomic E-state index is 0.229. The van der Waals surface area contributed by atoms with E-state index in [1.807, 2.05) is 0 Å². The maximum Gasteiger partial charge on any atom is 0.391 e. The van der Waals surface area contributed by atoms with E-state index in [0.717, 1.165) is 0 Å². The molecule has 0 unspecified atom stereocenters. The molecule has 0 aliphatic heterocycles. The average molecular weight is 162 g/mol. The van der Waals surface area contributed by atoms with Gasteiger partial charge in [0.15, 0.2) is 5.15 Å². The third kappa shape index (κ3) is 1.08. The molecule has 54 valence electrons. The van der Waals surface area contributed by atoms with E-state index in [-0.39, 0.29) is 11.0 Å². The fraction of sp³-hybridized carbons (Fsp3) is 0.250. The number of nitro groups is 1. The Labute approximate surface area is 61.4 Å². The lowest BCUT2D eigenvalue weighted by atomic mass is 10.7. The van der Waals surface area contributed by atoms with Crippen LogP contribution in [0, 0.1) is 10.1 Å². The van der Waals surface area contributed by atoms with Gasteiger partial charge in [0, 0.05) is 0 Å². The molecule has 0 saturated heterocycles. The number of rotatable bonds is 1. The Kier molecular flexibility index (Phi) is 1.58. The summed E-state index contributed by atoms with van der Waals surface area (Å²) in [4.78, 5) is 9.45. The lowest BCUT2D eigenvalue weighted by Crippen LogP contribution is -1.92. The summed E-state index contributed by atoms with van der Waals surface area (Å²) >= 11 is 5.47. The van der Waals surface area contributed by atoms with Crippen LogP contribution in [-0.2, 0) is 7.05 Å². The van der Waals surface area contributed by atoms with E-state index in [1.165, 1.54) is 17.8 Å². The van der Waals surface area contributed by atoms with E-state index in [9.17, 15) is 10.1 Å². The van der Waals surface area contributed by atoms with Crippen LogP contribution in [0.15, 0.2) is 6.07 Å². The minimum Gasteiger partial charge on any atom is -0.358 e. The van der Waals surface area contributed by atoms with Gasteiger partial charge in [-0.1, -0.05) is 11.6 Å². The number of aryl methyl sites for hydroxylation is 1. The van der Waals surface area contributed by atoms with Crippen LogP contribution in [-0.4, -0.2) is 14.7 Å². The molecule has 1 rings (SSSR count). The summed E-state index contributed by atoms with van der Waals surface area (Å²) in [5.41, 5.74) is 0. The van der Waals surface area contributed by atoms with Crippen LogP contribution < -0.4 is 0 Å². The van der Waals surface area contributed by atoms with Crippen molar-refractivity contribution in [3.8, 4) is 0 Å². The molecule has 0 saturated carbocycles. The molecule has 0 fully saturated rings. The second-order valence-corrected chi connectivity index (χ2v) is 2.09. The predicted molar refractivity (Wildman–Crippen MR) is 34.9 cm³/mol. The fourth-order valence-electron chi connectivity index (χ4n) is 0.519. The summed E-state index contributed by atoms with van der Waals surface area (Å²) in [5, 5.41) is 13.8. The van der Waals surface area contributed by atoms with Gasteiger partial charge in [0.1, 0.15) is 0 Å². The van der Waals surface area contributed by atoms with E-state index in [2.05, 4.69) is 5.10 Å². The molecular formula is C4H4ClN3O2. The molecule has 6 heteroatoms. The lowest BCUT2D eigenvalue weighted by Gasteiger charge is -1.81. The van der Waals surface area contributed by atoms with Crippen molar-refractivity contribution in [1.29, 1.82) is 0 Å². The van der Waals surface area contributed by atoms with Gasteiger partial charge in [0.25, 0.3) is 0 Å². The first-order chi connectivity index (χ1) is 4.61. The zero-order valence-electron chi connectivity index (χ0n) is 5.11. The average Bonchev–Trinajstić information content (AvgIpc) is 2.13. The predicted octanol–water partition coefficient (Wildman–Crippen LogP) is 0.982. The monoisotopic (exact) mass is 161 g/mol. The summed E-state index contributed by atoms with van der Waals surface area (Å²) in [7, 11) is 1.54. The summed E-state index contributed by atoms with van der Waals surface area (Å²) < 4.78 is 1.24. The zero-order chi connectivity index (χ0) is 7.72. The Balaban J connectivity index is 3.10. The van der Waals surface area contributed by atoms with Crippen LogP contribution in [0.5, 0.6) is 0 Å². The van der Waals surface area contributed by atoms with Gasteiger partial charge in [0.2, 0.25) is 0 Å². The van der Waals surface area contributed by atoms with Gasteiger partial charge < -0.3 is 10.1 Å². The molecule has 10 heavy (non-hydrogen) atoms. The van der Waals surface area contributed by atoms with Crippen molar-refractivity contribution in [1.82, 2.24) is 9.78 Å². The molecule has 0 amide bonds. The van der Waals surface area contributed by atoms with E-state index in [1.54, 1.807) is 0 Å². The third-order valence-electron chi connectivity index (χ3n) is 0.997. The number of aromatic nitrogens is 2.